The second kappa shape index (κ2) is 5.14. The van der Waals surface area contributed by atoms with E-state index in [0.29, 0.717) is 5.56 Å². The Bertz CT molecular complexity index is 616. The van der Waals surface area contributed by atoms with Crippen LogP contribution in [0.5, 0.6) is 0 Å². The Morgan fingerprint density at radius 3 is 2.89 bits per heavy atom. The van der Waals surface area contributed by atoms with Crippen molar-refractivity contribution in [3.63, 3.8) is 0 Å². The number of aromatic nitrogens is 1. The Morgan fingerprint density at radius 1 is 1.44 bits per heavy atom. The molecule has 0 unspecified atom stereocenters. The third kappa shape index (κ3) is 2.49. The first kappa shape index (κ1) is 12.5. The van der Waals surface area contributed by atoms with Gasteiger partial charge in [0, 0.05) is 25.9 Å². The zero-order chi connectivity index (χ0) is 13.1. The zero-order valence-electron chi connectivity index (χ0n) is 10.9. The Labute approximate surface area is 106 Å². The molecule has 18 heavy (non-hydrogen) atoms. The third-order valence-electron chi connectivity index (χ3n) is 3.03. The van der Waals surface area contributed by atoms with Crippen LogP contribution in [0.4, 0.5) is 0 Å². The summed E-state index contributed by atoms with van der Waals surface area (Å²) in [5.74, 6) is 0.0449. The molecule has 2 rings (SSSR count). The molecule has 0 bridgehead atoms. The second-order valence-electron chi connectivity index (χ2n) is 4.25. The van der Waals surface area contributed by atoms with Gasteiger partial charge in [-0.2, -0.15) is 0 Å². The Kier molecular flexibility index (Phi) is 3.58. The summed E-state index contributed by atoms with van der Waals surface area (Å²) in [6.07, 6.45) is 8.67. The minimum Gasteiger partial charge on any atom is -0.312 e. The van der Waals surface area contributed by atoms with Crippen molar-refractivity contribution in [3.8, 4) is 0 Å². The van der Waals surface area contributed by atoms with E-state index in [1.54, 1.807) is 13.1 Å². The summed E-state index contributed by atoms with van der Waals surface area (Å²) in [6, 6.07) is 1.90. The number of allylic oxidation sites excluding steroid dienone is 2. The normalized spacial score (nSPS) is 13.6. The molecule has 0 fully saturated rings. The summed E-state index contributed by atoms with van der Waals surface area (Å²) in [4.78, 5) is 15.7. The number of nitrogens with zero attached hydrogens (tertiary/aromatic N) is 2. The number of ketones is 1. The molecule has 1 N–H and O–H groups in total. The van der Waals surface area contributed by atoms with Gasteiger partial charge in [-0.1, -0.05) is 12.2 Å². The number of pyridine rings is 1. The number of rotatable bonds is 3. The maximum absolute atomic E-state index is 11.3. The molecule has 94 valence electrons. The molecule has 1 aromatic rings. The molecule has 0 aliphatic heterocycles. The van der Waals surface area contributed by atoms with Gasteiger partial charge in [0.15, 0.2) is 5.78 Å². The summed E-state index contributed by atoms with van der Waals surface area (Å²) in [5.41, 5.74) is 4.78. The molecule has 1 heterocycles. The van der Waals surface area contributed by atoms with Crippen LogP contribution in [-0.2, 0) is 0 Å². The fraction of sp³-hybridized carbons (Fsp3) is 0.286. The topological polar surface area (TPSA) is 45.2 Å². The fourth-order valence-corrected chi connectivity index (χ4v) is 1.84. The molecule has 0 saturated carbocycles. The van der Waals surface area contributed by atoms with Crippen LogP contribution < -0.4 is 16.0 Å². The summed E-state index contributed by atoms with van der Waals surface area (Å²) < 4.78 is 0. The summed E-state index contributed by atoms with van der Waals surface area (Å²) >= 11 is 0. The molecule has 0 aromatic carbocycles. The molecular weight excluding hydrogens is 226 g/mol. The van der Waals surface area contributed by atoms with E-state index in [1.165, 1.54) is 0 Å². The fourth-order valence-electron chi connectivity index (χ4n) is 1.84. The van der Waals surface area contributed by atoms with Gasteiger partial charge in [-0.15, -0.1) is 0 Å². The lowest BCUT2D eigenvalue weighted by Gasteiger charge is -2.18. The monoisotopic (exact) mass is 243 g/mol. The number of Topliss-reactive ketones (excluding diaryl/α,β-unsaturated/α-hetero) is 1. The van der Waals surface area contributed by atoms with E-state index in [0.717, 1.165) is 22.7 Å². The Hall–Kier alpha value is -1.94. The van der Waals surface area contributed by atoms with E-state index in [9.17, 15) is 4.79 Å². The van der Waals surface area contributed by atoms with Gasteiger partial charge in [0.05, 0.1) is 11.0 Å². The highest BCUT2D eigenvalue weighted by molar-refractivity contribution is 5.93. The molecule has 4 heteroatoms. The first-order chi connectivity index (χ1) is 8.61. The molecular formula is C14H17N3O. The van der Waals surface area contributed by atoms with E-state index in [2.05, 4.69) is 22.6 Å². The maximum Gasteiger partial charge on any atom is 0.161 e. The number of hydrogen-bond donors (Lipinski definition) is 1. The second-order valence-corrected chi connectivity index (χ2v) is 4.25. The summed E-state index contributed by atoms with van der Waals surface area (Å²) in [7, 11) is 3.83. The molecule has 0 spiro atoms. The molecule has 1 aliphatic rings. The lowest BCUT2D eigenvalue weighted by Crippen LogP contribution is -2.33. The van der Waals surface area contributed by atoms with Crippen LogP contribution in [-0.4, -0.2) is 29.9 Å². The van der Waals surface area contributed by atoms with E-state index in [4.69, 9.17) is 0 Å². The van der Waals surface area contributed by atoms with Crippen molar-refractivity contribution in [2.75, 3.05) is 14.1 Å². The Balaban J connectivity index is 2.52. The van der Waals surface area contributed by atoms with Gasteiger partial charge < -0.3 is 5.01 Å². The number of carbonyl (C=O) groups excluding carboxylic acids is 1. The average molecular weight is 243 g/mol. The number of hydrogen-bond acceptors (Lipinski definition) is 4. The van der Waals surface area contributed by atoms with Gasteiger partial charge in [-0.05, 0) is 30.7 Å². The van der Waals surface area contributed by atoms with Crippen molar-refractivity contribution in [2.24, 2.45) is 0 Å². The highest BCUT2D eigenvalue weighted by Gasteiger charge is 2.04. The largest absolute Gasteiger partial charge is 0.312 e. The van der Waals surface area contributed by atoms with Crippen molar-refractivity contribution in [1.29, 1.82) is 0 Å². The van der Waals surface area contributed by atoms with Gasteiger partial charge in [0.1, 0.15) is 0 Å². The first-order valence-electron chi connectivity index (χ1n) is 5.92. The zero-order valence-corrected chi connectivity index (χ0v) is 10.9. The highest BCUT2D eigenvalue weighted by Crippen LogP contribution is 2.04. The van der Waals surface area contributed by atoms with Crippen LogP contribution in [0.15, 0.2) is 24.0 Å². The van der Waals surface area contributed by atoms with Gasteiger partial charge in [-0.25, -0.2) is 5.43 Å². The smallest absolute Gasteiger partial charge is 0.161 e. The average Bonchev–Trinajstić information content (AvgIpc) is 2.58. The van der Waals surface area contributed by atoms with E-state index < -0.39 is 0 Å². The Morgan fingerprint density at radius 2 is 2.22 bits per heavy atom. The number of fused-ring (bicyclic) bond motifs is 1. The van der Waals surface area contributed by atoms with E-state index in [1.807, 2.05) is 31.2 Å². The number of hydrazine groups is 1. The first-order valence-corrected chi connectivity index (χ1v) is 5.92. The summed E-state index contributed by atoms with van der Waals surface area (Å²) in [6.45, 7) is 1.56. The molecule has 0 radical (unpaired) electrons. The van der Waals surface area contributed by atoms with Crippen molar-refractivity contribution >= 4 is 17.9 Å². The third-order valence-corrected chi connectivity index (χ3v) is 3.03. The van der Waals surface area contributed by atoms with Gasteiger partial charge in [-0.3, -0.25) is 9.78 Å². The highest BCUT2D eigenvalue weighted by atomic mass is 16.1. The molecule has 0 atom stereocenters. The van der Waals surface area contributed by atoms with Crippen molar-refractivity contribution in [2.45, 2.75) is 13.3 Å². The summed E-state index contributed by atoms with van der Waals surface area (Å²) in [5, 5.41) is 3.84. The van der Waals surface area contributed by atoms with Crippen molar-refractivity contribution < 1.29 is 4.79 Å². The van der Waals surface area contributed by atoms with E-state index in [-0.39, 0.29) is 5.78 Å². The minimum atomic E-state index is 0.0449. The SMILES string of the molecule is CNN(C)C1=CCC=c2cc(C(C)=O)cnc2=C1. The minimum absolute atomic E-state index is 0.0449. The molecule has 0 amide bonds. The van der Waals surface area contributed by atoms with E-state index >= 15 is 0 Å². The number of carbonyl (C=O) groups is 1. The van der Waals surface area contributed by atoms with Crippen molar-refractivity contribution in [3.05, 3.63) is 40.2 Å². The van der Waals surface area contributed by atoms with Crippen LogP contribution in [0, 0.1) is 0 Å². The standard InChI is InChI=1S/C14H17N3O/c1-10(18)12-7-11-5-4-6-13(17(3)15-2)8-14(11)16-9-12/h5-9,15H,4H2,1-3H3. The van der Waals surface area contributed by atoms with Crippen LogP contribution >= 0.6 is 0 Å². The van der Waals surface area contributed by atoms with Gasteiger partial charge in [0.2, 0.25) is 0 Å². The predicted octanol–water partition coefficient (Wildman–Crippen LogP) is 0.199. The van der Waals surface area contributed by atoms with Crippen molar-refractivity contribution in [1.82, 2.24) is 15.4 Å². The van der Waals surface area contributed by atoms with Crippen LogP contribution in [0.3, 0.4) is 0 Å². The lowest BCUT2D eigenvalue weighted by atomic mass is 10.2. The molecule has 0 saturated heterocycles. The van der Waals surface area contributed by atoms with Crippen LogP contribution in [0.1, 0.15) is 23.7 Å². The van der Waals surface area contributed by atoms with Gasteiger partial charge in [0.25, 0.3) is 0 Å². The lowest BCUT2D eigenvalue weighted by molar-refractivity contribution is 0.101. The maximum atomic E-state index is 11.3. The van der Waals surface area contributed by atoms with Crippen LogP contribution in [0.25, 0.3) is 12.2 Å². The molecule has 1 aromatic heterocycles. The molecule has 1 aliphatic carbocycles. The van der Waals surface area contributed by atoms with Gasteiger partial charge >= 0.3 is 0 Å². The number of nitrogens with one attached hydrogen (secondary N) is 1. The predicted molar refractivity (Wildman–Crippen MR) is 71.9 cm³/mol. The molecule has 4 nitrogen and oxygen atoms in total. The quantitative estimate of drug-likeness (QED) is 0.608. The van der Waals surface area contributed by atoms with Crippen LogP contribution in [0.2, 0.25) is 0 Å².